The van der Waals surface area contributed by atoms with Crippen LogP contribution in [0, 0.1) is 0 Å². The lowest BCUT2D eigenvalue weighted by atomic mass is 10.1. The van der Waals surface area contributed by atoms with Gasteiger partial charge in [0.2, 0.25) is 0 Å². The highest BCUT2D eigenvalue weighted by Crippen LogP contribution is 2.25. The summed E-state index contributed by atoms with van der Waals surface area (Å²) in [4.78, 5) is 7.27. The number of hydrogen-bond acceptors (Lipinski definition) is 4. The molecule has 0 spiro atoms. The lowest BCUT2D eigenvalue weighted by Crippen LogP contribution is -2.42. The summed E-state index contributed by atoms with van der Waals surface area (Å²) in [6.07, 6.45) is 4.45. The average Bonchev–Trinajstić information content (AvgIpc) is 3.36. The molecule has 1 aromatic rings. The normalized spacial score (nSPS) is 15.1. The van der Waals surface area contributed by atoms with Crippen LogP contribution in [0.15, 0.2) is 9.52 Å². The minimum Gasteiger partial charge on any atom is -0.361 e. The standard InChI is InChI=1S/C18H33N5O/c1-5-16-15(17(6-2)24-22-16)13-21-18(19-7-3)20-11-12-23(8-4)14-9-10-14/h14H,5-13H2,1-4H3,(H2,19,20,21). The maximum absolute atomic E-state index is 5.42. The minimum absolute atomic E-state index is 0.616. The second kappa shape index (κ2) is 9.67. The highest BCUT2D eigenvalue weighted by Gasteiger charge is 2.27. The largest absolute Gasteiger partial charge is 0.361 e. The number of guanidine groups is 1. The van der Waals surface area contributed by atoms with Gasteiger partial charge in [-0.15, -0.1) is 0 Å². The summed E-state index contributed by atoms with van der Waals surface area (Å²) in [6, 6.07) is 0.813. The first-order valence-electron chi connectivity index (χ1n) is 9.45. The van der Waals surface area contributed by atoms with Crippen LogP contribution in [0.1, 0.15) is 57.6 Å². The Morgan fingerprint density at radius 3 is 2.58 bits per heavy atom. The molecule has 1 saturated carbocycles. The molecule has 1 aromatic heterocycles. The lowest BCUT2D eigenvalue weighted by Gasteiger charge is -2.20. The Balaban J connectivity index is 1.91. The number of nitrogens with zero attached hydrogens (tertiary/aromatic N) is 3. The molecule has 0 atom stereocenters. The predicted molar refractivity (Wildman–Crippen MR) is 98.3 cm³/mol. The van der Waals surface area contributed by atoms with Crippen LogP contribution in [-0.4, -0.2) is 48.2 Å². The number of hydrogen-bond donors (Lipinski definition) is 2. The van der Waals surface area contributed by atoms with Gasteiger partial charge < -0.3 is 15.2 Å². The van der Waals surface area contributed by atoms with Crippen LogP contribution < -0.4 is 10.6 Å². The zero-order valence-corrected chi connectivity index (χ0v) is 15.7. The van der Waals surface area contributed by atoms with Gasteiger partial charge in [-0.25, -0.2) is 4.99 Å². The molecule has 6 heteroatoms. The molecule has 1 fully saturated rings. The number of likely N-dealkylation sites (N-methyl/N-ethyl adjacent to an activating group) is 1. The molecule has 1 heterocycles. The van der Waals surface area contributed by atoms with Crippen LogP contribution in [0.3, 0.4) is 0 Å². The van der Waals surface area contributed by atoms with Crippen molar-refractivity contribution in [3.8, 4) is 0 Å². The fourth-order valence-electron chi connectivity index (χ4n) is 2.97. The fraction of sp³-hybridized carbons (Fsp3) is 0.778. The molecule has 0 saturated heterocycles. The summed E-state index contributed by atoms with van der Waals surface area (Å²) in [7, 11) is 0. The van der Waals surface area contributed by atoms with Gasteiger partial charge in [0, 0.05) is 37.7 Å². The molecule has 1 aliphatic carbocycles. The molecule has 0 aromatic carbocycles. The number of aryl methyl sites for hydroxylation is 2. The Morgan fingerprint density at radius 1 is 1.21 bits per heavy atom. The summed E-state index contributed by atoms with van der Waals surface area (Å²) < 4.78 is 5.42. The molecule has 1 aliphatic rings. The molecule has 2 rings (SSSR count). The van der Waals surface area contributed by atoms with E-state index in [9.17, 15) is 0 Å². The van der Waals surface area contributed by atoms with E-state index < -0.39 is 0 Å². The highest BCUT2D eigenvalue weighted by molar-refractivity contribution is 5.79. The van der Waals surface area contributed by atoms with Crippen molar-refractivity contribution < 1.29 is 4.52 Å². The van der Waals surface area contributed by atoms with Gasteiger partial charge >= 0.3 is 0 Å². The Labute approximate surface area is 146 Å². The summed E-state index contributed by atoms with van der Waals surface area (Å²) >= 11 is 0. The van der Waals surface area contributed by atoms with Crippen molar-refractivity contribution in [3.63, 3.8) is 0 Å². The molecular formula is C18H33N5O. The van der Waals surface area contributed by atoms with Crippen molar-refractivity contribution in [2.75, 3.05) is 26.2 Å². The third kappa shape index (κ3) is 5.23. The monoisotopic (exact) mass is 335 g/mol. The summed E-state index contributed by atoms with van der Waals surface area (Å²) in [5.41, 5.74) is 2.17. The van der Waals surface area contributed by atoms with E-state index in [0.717, 1.165) is 68.0 Å². The average molecular weight is 335 g/mol. The number of nitrogens with one attached hydrogen (secondary N) is 2. The van der Waals surface area contributed by atoms with Gasteiger partial charge in [0.15, 0.2) is 5.96 Å². The maximum atomic E-state index is 5.42. The molecule has 0 bridgehead atoms. The van der Waals surface area contributed by atoms with Gasteiger partial charge in [0.05, 0.1) is 12.2 Å². The molecule has 24 heavy (non-hydrogen) atoms. The maximum Gasteiger partial charge on any atom is 0.191 e. The van der Waals surface area contributed by atoms with Gasteiger partial charge in [-0.2, -0.15) is 0 Å². The molecule has 0 amide bonds. The van der Waals surface area contributed by atoms with Crippen molar-refractivity contribution >= 4 is 5.96 Å². The van der Waals surface area contributed by atoms with E-state index >= 15 is 0 Å². The van der Waals surface area contributed by atoms with Crippen molar-refractivity contribution in [1.82, 2.24) is 20.7 Å². The van der Waals surface area contributed by atoms with Crippen molar-refractivity contribution in [3.05, 3.63) is 17.0 Å². The first kappa shape index (κ1) is 18.8. The third-order valence-corrected chi connectivity index (χ3v) is 4.51. The molecule has 6 nitrogen and oxygen atoms in total. The molecule has 0 aliphatic heterocycles. The van der Waals surface area contributed by atoms with Gasteiger partial charge in [-0.3, -0.25) is 4.90 Å². The predicted octanol–water partition coefficient (Wildman–Crippen LogP) is 2.34. The van der Waals surface area contributed by atoms with Crippen LogP contribution in [0.4, 0.5) is 0 Å². The Morgan fingerprint density at radius 2 is 2.00 bits per heavy atom. The van der Waals surface area contributed by atoms with Gasteiger partial charge in [0.1, 0.15) is 5.76 Å². The van der Waals surface area contributed by atoms with E-state index in [2.05, 4.69) is 48.4 Å². The zero-order valence-electron chi connectivity index (χ0n) is 15.7. The fourth-order valence-corrected chi connectivity index (χ4v) is 2.97. The number of aliphatic imine (C=N–C) groups is 1. The van der Waals surface area contributed by atoms with Crippen molar-refractivity contribution in [2.24, 2.45) is 4.99 Å². The topological polar surface area (TPSA) is 65.7 Å². The zero-order chi connectivity index (χ0) is 17.4. The summed E-state index contributed by atoms with van der Waals surface area (Å²) in [5.74, 6) is 1.83. The lowest BCUT2D eigenvalue weighted by molar-refractivity contribution is 0.282. The van der Waals surface area contributed by atoms with Gasteiger partial charge in [-0.05, 0) is 32.7 Å². The summed E-state index contributed by atoms with van der Waals surface area (Å²) in [5, 5.41) is 10.9. The van der Waals surface area contributed by atoms with Crippen LogP contribution in [0.5, 0.6) is 0 Å². The van der Waals surface area contributed by atoms with Gasteiger partial charge in [0.25, 0.3) is 0 Å². The highest BCUT2D eigenvalue weighted by atomic mass is 16.5. The molecule has 2 N–H and O–H groups in total. The number of rotatable bonds is 10. The van der Waals surface area contributed by atoms with Crippen LogP contribution >= 0.6 is 0 Å². The molecular weight excluding hydrogens is 302 g/mol. The first-order valence-corrected chi connectivity index (χ1v) is 9.45. The van der Waals surface area contributed by atoms with E-state index in [1.165, 1.54) is 12.8 Å². The SMILES string of the molecule is CCNC(=NCc1c(CC)noc1CC)NCCN(CC)C1CC1. The molecule has 0 radical (unpaired) electrons. The second-order valence-corrected chi connectivity index (χ2v) is 6.22. The quantitative estimate of drug-likeness (QED) is 0.507. The van der Waals surface area contributed by atoms with Crippen LogP contribution in [0.25, 0.3) is 0 Å². The van der Waals surface area contributed by atoms with E-state index in [1.54, 1.807) is 0 Å². The van der Waals surface area contributed by atoms with Crippen molar-refractivity contribution in [1.29, 1.82) is 0 Å². The molecule has 136 valence electrons. The molecule has 0 unspecified atom stereocenters. The smallest absolute Gasteiger partial charge is 0.191 e. The summed E-state index contributed by atoms with van der Waals surface area (Å²) in [6.45, 7) is 13.1. The Bertz CT molecular complexity index is 500. The first-order chi connectivity index (χ1) is 11.7. The van der Waals surface area contributed by atoms with E-state index in [4.69, 9.17) is 9.52 Å². The number of aromatic nitrogens is 1. The Hall–Kier alpha value is -1.56. The Kier molecular flexibility index (Phi) is 7.56. The second-order valence-electron chi connectivity index (χ2n) is 6.22. The van der Waals surface area contributed by atoms with Crippen molar-refractivity contribution in [2.45, 2.75) is 66.0 Å². The van der Waals surface area contributed by atoms with Crippen LogP contribution in [-0.2, 0) is 19.4 Å². The van der Waals surface area contributed by atoms with E-state index in [-0.39, 0.29) is 0 Å². The van der Waals surface area contributed by atoms with E-state index in [0.29, 0.717) is 6.54 Å². The van der Waals surface area contributed by atoms with Gasteiger partial charge in [-0.1, -0.05) is 25.9 Å². The van der Waals surface area contributed by atoms with Crippen LogP contribution in [0.2, 0.25) is 0 Å². The minimum atomic E-state index is 0.616. The third-order valence-electron chi connectivity index (χ3n) is 4.51. The van der Waals surface area contributed by atoms with E-state index in [1.807, 2.05) is 0 Å².